The van der Waals surface area contributed by atoms with Gasteiger partial charge < -0.3 is 4.42 Å². The Bertz CT molecular complexity index is 613. The van der Waals surface area contributed by atoms with E-state index >= 15 is 0 Å². The van der Waals surface area contributed by atoms with Crippen molar-refractivity contribution in [3.8, 4) is 0 Å². The number of aromatic nitrogens is 3. The van der Waals surface area contributed by atoms with Gasteiger partial charge in [-0.2, -0.15) is 0 Å². The van der Waals surface area contributed by atoms with Gasteiger partial charge in [-0.05, 0) is 6.92 Å². The summed E-state index contributed by atoms with van der Waals surface area (Å²) in [5.41, 5.74) is -0.231. The van der Waals surface area contributed by atoms with Crippen molar-refractivity contribution in [2.24, 2.45) is 7.05 Å². The largest absolute Gasteiger partial charge is 0.422 e. The molecule has 2 heterocycles. The van der Waals surface area contributed by atoms with Crippen LogP contribution >= 0.6 is 0 Å². The number of fused-ring (bicyclic) bond motifs is 1. The van der Waals surface area contributed by atoms with Gasteiger partial charge >= 0.3 is 5.76 Å². The van der Waals surface area contributed by atoms with Crippen LogP contribution in [-0.4, -0.2) is 14.5 Å². The van der Waals surface area contributed by atoms with Gasteiger partial charge in [0.15, 0.2) is 11.1 Å². The molecule has 2 aromatic rings. The van der Waals surface area contributed by atoms with E-state index in [0.29, 0.717) is 5.82 Å². The van der Waals surface area contributed by atoms with Crippen LogP contribution in [0.15, 0.2) is 20.2 Å². The quantitative estimate of drug-likeness (QED) is 0.654. The molecule has 0 aromatic carbocycles. The van der Waals surface area contributed by atoms with Gasteiger partial charge in [0, 0.05) is 7.05 Å². The molecule has 16 heavy (non-hydrogen) atoms. The molecule has 6 heteroatoms. The van der Waals surface area contributed by atoms with Crippen molar-refractivity contribution in [1.29, 1.82) is 0 Å². The van der Waals surface area contributed by atoms with Crippen molar-refractivity contribution in [1.82, 2.24) is 14.5 Å². The Kier molecular flexibility index (Phi) is 3.55. The van der Waals surface area contributed by atoms with Gasteiger partial charge in [0.2, 0.25) is 0 Å². The highest BCUT2D eigenvalue weighted by atomic mass is 16.4. The molecule has 0 saturated heterocycles. The van der Waals surface area contributed by atoms with Crippen LogP contribution in [0.1, 0.15) is 19.7 Å². The highest BCUT2D eigenvalue weighted by molar-refractivity contribution is 5.68. The van der Waals surface area contributed by atoms with Crippen LogP contribution in [0.5, 0.6) is 0 Å². The Labute approximate surface area is 91.6 Å². The predicted octanol–water partition coefficient (Wildman–Crippen LogP) is 0.616. The molecule has 0 saturated carbocycles. The second-order valence-electron chi connectivity index (χ2n) is 2.86. The maximum atomic E-state index is 11.5. The normalized spacial score (nSPS) is 9.75. The molecule has 0 radical (unpaired) electrons. The van der Waals surface area contributed by atoms with E-state index in [1.165, 1.54) is 13.2 Å². The monoisotopic (exact) mass is 223 g/mol. The van der Waals surface area contributed by atoms with Crippen molar-refractivity contribution < 1.29 is 4.42 Å². The van der Waals surface area contributed by atoms with Crippen molar-refractivity contribution in [3.63, 3.8) is 0 Å². The first kappa shape index (κ1) is 12.1. The second-order valence-corrected chi connectivity index (χ2v) is 2.86. The number of nitrogens with zero attached hydrogens (tertiary/aromatic N) is 3. The van der Waals surface area contributed by atoms with Crippen LogP contribution in [0.3, 0.4) is 0 Å². The first-order chi connectivity index (χ1) is 7.59. The molecule has 0 unspecified atom stereocenters. The molecular formula is C10H13N3O3. The molecule has 0 aliphatic carbocycles. The molecule has 0 N–H and O–H groups in total. The highest BCUT2D eigenvalue weighted by Crippen LogP contribution is 2.01. The van der Waals surface area contributed by atoms with E-state index in [0.717, 1.165) is 4.57 Å². The van der Waals surface area contributed by atoms with Crippen LogP contribution in [0.25, 0.3) is 11.1 Å². The topological polar surface area (TPSA) is 78.0 Å². The summed E-state index contributed by atoms with van der Waals surface area (Å²) in [6.45, 7) is 5.66. The highest BCUT2D eigenvalue weighted by Gasteiger charge is 2.07. The van der Waals surface area contributed by atoms with E-state index in [4.69, 9.17) is 4.42 Å². The average molecular weight is 223 g/mol. The van der Waals surface area contributed by atoms with Crippen molar-refractivity contribution in [2.75, 3.05) is 0 Å². The fourth-order valence-corrected chi connectivity index (χ4v) is 1.09. The Morgan fingerprint density at radius 3 is 2.56 bits per heavy atom. The molecule has 2 rings (SSSR count). The van der Waals surface area contributed by atoms with Crippen molar-refractivity contribution in [2.45, 2.75) is 20.8 Å². The summed E-state index contributed by atoms with van der Waals surface area (Å²) in [5.74, 6) is -0.251. The number of aryl methyl sites for hydroxylation is 1. The SMILES string of the molecule is CC.Cc1ncc2oc(=O)n(C)c(=O)c2n1. The summed E-state index contributed by atoms with van der Waals surface area (Å²) in [6, 6.07) is 0. The number of hydrogen-bond donors (Lipinski definition) is 0. The van der Waals surface area contributed by atoms with Crippen LogP contribution in [-0.2, 0) is 7.05 Å². The molecule has 0 amide bonds. The Balaban J connectivity index is 0.000000606. The molecule has 0 aliphatic rings. The van der Waals surface area contributed by atoms with Crippen molar-refractivity contribution >= 4 is 11.1 Å². The third-order valence-electron chi connectivity index (χ3n) is 1.85. The van der Waals surface area contributed by atoms with E-state index < -0.39 is 11.3 Å². The number of hydrogen-bond acceptors (Lipinski definition) is 5. The second kappa shape index (κ2) is 4.69. The van der Waals surface area contributed by atoms with Gasteiger partial charge in [-0.3, -0.25) is 4.79 Å². The minimum atomic E-state index is -0.713. The molecule has 0 bridgehead atoms. The van der Waals surface area contributed by atoms with Gasteiger partial charge in [-0.25, -0.2) is 19.3 Å². The lowest BCUT2D eigenvalue weighted by Gasteiger charge is -1.98. The van der Waals surface area contributed by atoms with Crippen LogP contribution in [0, 0.1) is 6.92 Å². The summed E-state index contributed by atoms with van der Waals surface area (Å²) in [5, 5.41) is 0. The lowest BCUT2D eigenvalue weighted by atomic mass is 10.4. The van der Waals surface area contributed by atoms with E-state index in [2.05, 4.69) is 9.97 Å². The van der Waals surface area contributed by atoms with Gasteiger partial charge in [0.1, 0.15) is 5.82 Å². The molecule has 0 fully saturated rings. The van der Waals surface area contributed by atoms with E-state index in [-0.39, 0.29) is 11.1 Å². The zero-order valence-electron chi connectivity index (χ0n) is 9.64. The van der Waals surface area contributed by atoms with Crippen LogP contribution in [0.4, 0.5) is 0 Å². The third-order valence-corrected chi connectivity index (χ3v) is 1.85. The zero-order chi connectivity index (χ0) is 12.3. The van der Waals surface area contributed by atoms with Crippen LogP contribution < -0.4 is 11.3 Å². The van der Waals surface area contributed by atoms with E-state index in [9.17, 15) is 9.59 Å². The smallest absolute Gasteiger partial charge is 0.406 e. The molecule has 0 spiro atoms. The van der Waals surface area contributed by atoms with Gasteiger partial charge in [-0.15, -0.1) is 0 Å². The number of rotatable bonds is 0. The fourth-order valence-electron chi connectivity index (χ4n) is 1.09. The summed E-state index contributed by atoms with van der Waals surface area (Å²) in [6.07, 6.45) is 1.32. The first-order valence-electron chi connectivity index (χ1n) is 4.93. The van der Waals surface area contributed by atoms with E-state index in [1.54, 1.807) is 6.92 Å². The average Bonchev–Trinajstić information content (AvgIpc) is 2.30. The molecular weight excluding hydrogens is 210 g/mol. The maximum Gasteiger partial charge on any atom is 0.422 e. The Hall–Kier alpha value is -1.98. The Morgan fingerprint density at radius 2 is 1.94 bits per heavy atom. The summed E-state index contributed by atoms with van der Waals surface area (Å²) in [4.78, 5) is 30.3. The summed E-state index contributed by atoms with van der Waals surface area (Å²) in [7, 11) is 1.34. The summed E-state index contributed by atoms with van der Waals surface area (Å²) < 4.78 is 5.68. The molecule has 6 nitrogen and oxygen atoms in total. The molecule has 2 aromatic heterocycles. The minimum Gasteiger partial charge on any atom is -0.406 e. The van der Waals surface area contributed by atoms with Gasteiger partial charge in [0.25, 0.3) is 5.56 Å². The fraction of sp³-hybridized carbons (Fsp3) is 0.400. The lowest BCUT2D eigenvalue weighted by molar-refractivity contribution is 0.482. The first-order valence-corrected chi connectivity index (χ1v) is 4.93. The third kappa shape index (κ3) is 2.00. The van der Waals surface area contributed by atoms with Gasteiger partial charge in [-0.1, -0.05) is 13.8 Å². The zero-order valence-corrected chi connectivity index (χ0v) is 9.64. The van der Waals surface area contributed by atoms with Gasteiger partial charge in [0.05, 0.1) is 6.20 Å². The summed E-state index contributed by atoms with van der Waals surface area (Å²) >= 11 is 0. The standard InChI is InChI=1S/C8H7N3O3.C2H6/c1-4-9-3-5-6(10-4)7(12)11(2)8(13)14-5;1-2/h3H,1-2H3;1-2H3. The molecule has 0 aliphatic heterocycles. The maximum absolute atomic E-state index is 11.5. The lowest BCUT2D eigenvalue weighted by Crippen LogP contribution is -2.30. The van der Waals surface area contributed by atoms with Crippen molar-refractivity contribution in [3.05, 3.63) is 32.9 Å². The Morgan fingerprint density at radius 1 is 1.31 bits per heavy atom. The van der Waals surface area contributed by atoms with E-state index in [1.807, 2.05) is 13.8 Å². The molecule has 0 atom stereocenters. The van der Waals surface area contributed by atoms with Crippen LogP contribution in [0.2, 0.25) is 0 Å². The predicted molar refractivity (Wildman–Crippen MR) is 59.4 cm³/mol. The minimum absolute atomic E-state index is 0.115. The molecule has 86 valence electrons.